The molecule has 0 aliphatic heterocycles. The Kier molecular flexibility index (Phi) is 2.21. The SMILES string of the molecule is C=N/C(C)=c1/ccccc1=C. The van der Waals surface area contributed by atoms with Gasteiger partial charge >= 0.3 is 0 Å². The van der Waals surface area contributed by atoms with E-state index < -0.39 is 0 Å². The highest BCUT2D eigenvalue weighted by Gasteiger charge is 1.84. The Hall–Kier alpha value is -1.37. The molecule has 0 aromatic heterocycles. The summed E-state index contributed by atoms with van der Waals surface area (Å²) in [5, 5.41) is 2.07. The van der Waals surface area contributed by atoms with Gasteiger partial charge in [-0.05, 0) is 18.9 Å². The van der Waals surface area contributed by atoms with Crippen molar-refractivity contribution in [3.8, 4) is 0 Å². The first-order chi connectivity index (χ1) is 5.25. The van der Waals surface area contributed by atoms with Crippen LogP contribution in [-0.2, 0) is 0 Å². The molecule has 0 atom stereocenters. The summed E-state index contributed by atoms with van der Waals surface area (Å²) in [6, 6.07) is 7.89. The summed E-state index contributed by atoms with van der Waals surface area (Å²) in [5.74, 6) is 0. The molecule has 0 saturated heterocycles. The molecule has 56 valence electrons. The zero-order valence-corrected chi connectivity index (χ0v) is 6.67. The summed E-state index contributed by atoms with van der Waals surface area (Å²) < 4.78 is 0. The second kappa shape index (κ2) is 3.15. The van der Waals surface area contributed by atoms with E-state index in [1.807, 2.05) is 31.2 Å². The average molecular weight is 145 g/mol. The van der Waals surface area contributed by atoms with Crippen molar-refractivity contribution in [2.75, 3.05) is 0 Å². The van der Waals surface area contributed by atoms with Crippen LogP contribution in [0.4, 0.5) is 0 Å². The van der Waals surface area contributed by atoms with Crippen molar-refractivity contribution in [3.05, 3.63) is 34.7 Å². The van der Waals surface area contributed by atoms with Gasteiger partial charge in [-0.2, -0.15) is 0 Å². The lowest BCUT2D eigenvalue weighted by Crippen LogP contribution is -2.23. The molecule has 0 N–H and O–H groups in total. The topological polar surface area (TPSA) is 12.4 Å². The summed E-state index contributed by atoms with van der Waals surface area (Å²) in [4.78, 5) is 3.85. The molecular weight excluding hydrogens is 134 g/mol. The standard InChI is InChI=1S/C10H11N/c1-8-6-4-5-7-10(8)9(2)11-3/h4-7H,1,3H2,2H3/b10-9-. The van der Waals surface area contributed by atoms with Gasteiger partial charge in [0.05, 0.1) is 0 Å². The Bertz CT molecular complexity index is 363. The quantitative estimate of drug-likeness (QED) is 0.521. The maximum absolute atomic E-state index is 3.88. The maximum Gasteiger partial charge on any atom is 0.0443 e. The lowest BCUT2D eigenvalue weighted by atomic mass is 10.2. The third kappa shape index (κ3) is 1.55. The molecule has 0 fully saturated rings. The van der Waals surface area contributed by atoms with Gasteiger partial charge in [-0.3, -0.25) is 4.99 Å². The third-order valence-electron chi connectivity index (χ3n) is 1.64. The average Bonchev–Trinajstić information content (AvgIpc) is 2.04. The fourth-order valence-corrected chi connectivity index (χ4v) is 0.958. The first kappa shape index (κ1) is 7.73. The highest BCUT2D eigenvalue weighted by atomic mass is 14.7. The van der Waals surface area contributed by atoms with Gasteiger partial charge < -0.3 is 0 Å². The van der Waals surface area contributed by atoms with Crippen molar-refractivity contribution in [3.63, 3.8) is 0 Å². The number of nitrogens with zero attached hydrogens (tertiary/aromatic N) is 1. The van der Waals surface area contributed by atoms with Crippen LogP contribution in [0.25, 0.3) is 12.3 Å². The van der Waals surface area contributed by atoms with E-state index in [4.69, 9.17) is 0 Å². The normalized spacial score (nSPS) is 12.5. The summed E-state index contributed by atoms with van der Waals surface area (Å²) in [6.45, 7) is 9.27. The summed E-state index contributed by atoms with van der Waals surface area (Å²) >= 11 is 0. The van der Waals surface area contributed by atoms with Gasteiger partial charge in [-0.15, -0.1) is 0 Å². The van der Waals surface area contributed by atoms with E-state index in [1.165, 1.54) is 0 Å². The van der Waals surface area contributed by atoms with E-state index in [2.05, 4.69) is 18.3 Å². The first-order valence-electron chi connectivity index (χ1n) is 3.47. The van der Waals surface area contributed by atoms with Crippen molar-refractivity contribution >= 4 is 19.0 Å². The van der Waals surface area contributed by atoms with E-state index in [0.717, 1.165) is 16.1 Å². The minimum absolute atomic E-state index is 0.926. The van der Waals surface area contributed by atoms with Crippen molar-refractivity contribution in [2.45, 2.75) is 6.92 Å². The van der Waals surface area contributed by atoms with Crippen molar-refractivity contribution in [1.82, 2.24) is 0 Å². The number of benzene rings is 1. The van der Waals surface area contributed by atoms with Crippen LogP contribution in [0.2, 0.25) is 0 Å². The molecule has 0 bridgehead atoms. The van der Waals surface area contributed by atoms with Crippen molar-refractivity contribution in [2.24, 2.45) is 4.99 Å². The molecule has 0 amide bonds. The van der Waals surface area contributed by atoms with Gasteiger partial charge in [0, 0.05) is 10.9 Å². The smallest absolute Gasteiger partial charge is 0.0443 e. The second-order valence-electron chi connectivity index (χ2n) is 2.40. The molecular formula is C10H11N. The minimum Gasteiger partial charge on any atom is -0.269 e. The molecule has 1 aromatic carbocycles. The molecule has 0 spiro atoms. The number of rotatable bonds is 1. The van der Waals surface area contributed by atoms with Gasteiger partial charge in [0.25, 0.3) is 0 Å². The van der Waals surface area contributed by atoms with E-state index >= 15 is 0 Å². The van der Waals surface area contributed by atoms with E-state index in [-0.39, 0.29) is 0 Å². The lowest BCUT2D eigenvalue weighted by molar-refractivity contribution is 1.41. The summed E-state index contributed by atoms with van der Waals surface area (Å²) in [7, 11) is 0. The molecule has 11 heavy (non-hydrogen) atoms. The third-order valence-corrected chi connectivity index (χ3v) is 1.64. The summed E-state index contributed by atoms with van der Waals surface area (Å²) in [6.07, 6.45) is 0. The molecule has 0 heterocycles. The van der Waals surface area contributed by atoms with Gasteiger partial charge in [-0.25, -0.2) is 0 Å². The first-order valence-corrected chi connectivity index (χ1v) is 3.47. The largest absolute Gasteiger partial charge is 0.269 e. The molecule has 1 aromatic rings. The van der Waals surface area contributed by atoms with Gasteiger partial charge in [-0.1, -0.05) is 30.8 Å². The molecule has 1 nitrogen and oxygen atoms in total. The van der Waals surface area contributed by atoms with E-state index in [0.29, 0.717) is 0 Å². The van der Waals surface area contributed by atoms with Crippen molar-refractivity contribution in [1.29, 1.82) is 0 Å². The van der Waals surface area contributed by atoms with Crippen LogP contribution in [0.1, 0.15) is 6.92 Å². The fraction of sp³-hybridized carbons (Fsp3) is 0.100. The number of hydrogen-bond acceptors (Lipinski definition) is 1. The summed E-state index contributed by atoms with van der Waals surface area (Å²) in [5.41, 5.74) is 0.926. The second-order valence-corrected chi connectivity index (χ2v) is 2.40. The highest BCUT2D eigenvalue weighted by Crippen LogP contribution is 1.86. The van der Waals surface area contributed by atoms with Gasteiger partial charge in [0.1, 0.15) is 0 Å². The molecule has 1 heteroatoms. The van der Waals surface area contributed by atoms with Gasteiger partial charge in [0.2, 0.25) is 0 Å². The zero-order valence-electron chi connectivity index (χ0n) is 6.67. The fourth-order valence-electron chi connectivity index (χ4n) is 0.958. The zero-order chi connectivity index (χ0) is 8.27. The predicted octanol–water partition coefficient (Wildman–Crippen LogP) is 0.926. The van der Waals surface area contributed by atoms with E-state index in [9.17, 15) is 0 Å². The van der Waals surface area contributed by atoms with Crippen LogP contribution in [-0.4, -0.2) is 6.72 Å². The Morgan fingerprint density at radius 1 is 1.36 bits per heavy atom. The minimum atomic E-state index is 0.926. The van der Waals surface area contributed by atoms with Crippen LogP contribution in [0.15, 0.2) is 29.3 Å². The molecule has 1 rings (SSSR count). The lowest BCUT2D eigenvalue weighted by Gasteiger charge is -1.90. The Morgan fingerprint density at radius 3 is 2.55 bits per heavy atom. The van der Waals surface area contributed by atoms with Crippen LogP contribution in [0.5, 0.6) is 0 Å². The Labute approximate surface area is 66.4 Å². The van der Waals surface area contributed by atoms with Gasteiger partial charge in [0.15, 0.2) is 0 Å². The van der Waals surface area contributed by atoms with Crippen LogP contribution in [0, 0.1) is 0 Å². The van der Waals surface area contributed by atoms with Crippen molar-refractivity contribution < 1.29 is 0 Å². The molecule has 0 aliphatic rings. The molecule has 0 saturated carbocycles. The number of aliphatic imine (C=N–C) groups is 1. The van der Waals surface area contributed by atoms with Crippen LogP contribution in [0.3, 0.4) is 0 Å². The monoisotopic (exact) mass is 145 g/mol. The number of hydrogen-bond donors (Lipinski definition) is 0. The van der Waals surface area contributed by atoms with Crippen LogP contribution >= 0.6 is 0 Å². The highest BCUT2D eigenvalue weighted by molar-refractivity contribution is 5.48. The Morgan fingerprint density at radius 2 is 2.00 bits per heavy atom. The molecule has 0 aliphatic carbocycles. The molecule has 0 radical (unpaired) electrons. The molecule has 0 unspecified atom stereocenters. The van der Waals surface area contributed by atoms with Crippen LogP contribution < -0.4 is 10.4 Å². The predicted molar refractivity (Wildman–Crippen MR) is 49.8 cm³/mol. The van der Waals surface area contributed by atoms with E-state index in [1.54, 1.807) is 0 Å². The Balaban J connectivity index is 3.59. The maximum atomic E-state index is 3.88.